The van der Waals surface area contributed by atoms with Crippen LogP contribution in [0.1, 0.15) is 36.1 Å². The van der Waals surface area contributed by atoms with Crippen molar-refractivity contribution in [1.29, 1.82) is 0 Å². The van der Waals surface area contributed by atoms with Gasteiger partial charge in [-0.2, -0.15) is 0 Å². The van der Waals surface area contributed by atoms with Gasteiger partial charge in [0.25, 0.3) is 5.69 Å². The average Bonchev–Trinajstić information content (AvgIpc) is 2.86. The minimum Gasteiger partial charge on any atom is -0.463 e. The molecule has 2 aliphatic rings. The van der Waals surface area contributed by atoms with Gasteiger partial charge in [0.1, 0.15) is 5.75 Å². The van der Waals surface area contributed by atoms with Crippen LogP contribution in [-0.4, -0.2) is 10.6 Å². The van der Waals surface area contributed by atoms with E-state index in [2.05, 4.69) is 82.5 Å². The van der Waals surface area contributed by atoms with Crippen molar-refractivity contribution < 1.29 is 9.66 Å². The fourth-order valence-electron chi connectivity index (χ4n) is 3.83. The van der Waals surface area contributed by atoms with Crippen LogP contribution in [0.25, 0.3) is 6.08 Å². The summed E-state index contributed by atoms with van der Waals surface area (Å²) in [7, 11) is 0. The van der Waals surface area contributed by atoms with Gasteiger partial charge in [0.05, 0.1) is 10.3 Å². The van der Waals surface area contributed by atoms with E-state index in [4.69, 9.17) is 4.74 Å². The number of benzene rings is 2. The van der Waals surface area contributed by atoms with Crippen molar-refractivity contribution in [3.05, 3.63) is 68.8 Å². The van der Waals surface area contributed by atoms with Crippen LogP contribution in [-0.2, 0) is 14.3 Å². The Morgan fingerprint density at radius 3 is 2.63 bits per heavy atom. The fraction of sp³-hybridized carbons (Fsp3) is 0.300. The van der Waals surface area contributed by atoms with E-state index in [1.165, 1.54) is 11.1 Å². The van der Waals surface area contributed by atoms with E-state index in [1.54, 1.807) is 12.1 Å². The van der Waals surface area contributed by atoms with E-state index in [1.807, 2.05) is 12.2 Å². The number of alkyl halides is 2. The number of anilines is 1. The molecule has 2 aromatic carbocycles. The van der Waals surface area contributed by atoms with Crippen molar-refractivity contribution in [2.45, 2.75) is 33.8 Å². The maximum absolute atomic E-state index is 11.2. The van der Waals surface area contributed by atoms with Crippen molar-refractivity contribution in [2.75, 3.05) is 5.32 Å². The maximum atomic E-state index is 11.2. The predicted molar refractivity (Wildman–Crippen MR) is 124 cm³/mol. The van der Waals surface area contributed by atoms with Crippen LogP contribution >= 0.6 is 45.2 Å². The zero-order valence-corrected chi connectivity index (χ0v) is 19.2. The first kappa shape index (κ1) is 19.0. The van der Waals surface area contributed by atoms with Crippen LogP contribution in [0.5, 0.6) is 5.75 Å². The second-order valence-corrected chi connectivity index (χ2v) is 8.87. The molecule has 2 aliphatic heterocycles. The minimum atomic E-state index is -0.719. The Labute approximate surface area is 185 Å². The number of halogens is 2. The van der Waals surface area contributed by atoms with Gasteiger partial charge >= 0.3 is 0 Å². The zero-order valence-electron chi connectivity index (χ0n) is 14.9. The molecule has 7 heteroatoms. The van der Waals surface area contributed by atoms with Gasteiger partial charge in [-0.25, -0.2) is 0 Å². The molecule has 0 amide bonds. The fourth-order valence-corrected chi connectivity index (χ4v) is 4.87. The Kier molecular flexibility index (Phi) is 4.65. The molecular weight excluding hydrogens is 570 g/mol. The molecule has 27 heavy (non-hydrogen) atoms. The summed E-state index contributed by atoms with van der Waals surface area (Å²) in [5.74, 6) is 0.722. The van der Waals surface area contributed by atoms with Gasteiger partial charge in [-0.05, 0) is 43.2 Å². The lowest BCUT2D eigenvalue weighted by Gasteiger charge is -2.42. The molecular formula is C20H18I2N2O3. The molecule has 1 unspecified atom stereocenters. The number of rotatable bonds is 3. The molecule has 0 bridgehead atoms. The molecule has 0 fully saturated rings. The summed E-state index contributed by atoms with van der Waals surface area (Å²) in [5.41, 5.74) is 4.22. The lowest BCUT2D eigenvalue weighted by Crippen LogP contribution is -2.53. The van der Waals surface area contributed by atoms with Crippen LogP contribution in [0.4, 0.5) is 11.4 Å². The summed E-state index contributed by atoms with van der Waals surface area (Å²) in [6.07, 6.45) is 3.95. The molecule has 0 aromatic heterocycles. The summed E-state index contributed by atoms with van der Waals surface area (Å²) < 4.78 is 8.16. The molecule has 0 saturated heterocycles. The largest absolute Gasteiger partial charge is 0.463 e. The third-order valence-electron chi connectivity index (χ3n) is 5.46. The van der Waals surface area contributed by atoms with Crippen LogP contribution < -0.4 is 10.1 Å². The topological polar surface area (TPSA) is 64.4 Å². The SMILES string of the molecule is CC1(C)c2ccc(CI)cc2NC12C=Cc1cc([N+](=O)[O-])cc(CI)c1O2. The number of hydrogen-bond donors (Lipinski definition) is 1. The lowest BCUT2D eigenvalue weighted by molar-refractivity contribution is -0.384. The second-order valence-electron chi connectivity index (χ2n) is 7.35. The molecule has 1 N–H and O–H groups in total. The van der Waals surface area contributed by atoms with Gasteiger partial charge in [-0.3, -0.25) is 10.1 Å². The Balaban J connectivity index is 1.82. The molecule has 1 atom stereocenters. The third-order valence-corrected chi connectivity index (χ3v) is 7.16. The van der Waals surface area contributed by atoms with Crippen molar-refractivity contribution in [3.8, 4) is 5.75 Å². The van der Waals surface area contributed by atoms with E-state index in [0.29, 0.717) is 4.43 Å². The van der Waals surface area contributed by atoms with Crippen molar-refractivity contribution in [2.24, 2.45) is 0 Å². The van der Waals surface area contributed by atoms with Crippen molar-refractivity contribution >= 4 is 62.6 Å². The Morgan fingerprint density at radius 1 is 1.19 bits per heavy atom. The lowest BCUT2D eigenvalue weighted by atomic mass is 9.76. The monoisotopic (exact) mass is 588 g/mol. The van der Waals surface area contributed by atoms with Crippen LogP contribution in [0.15, 0.2) is 36.4 Å². The smallest absolute Gasteiger partial charge is 0.270 e. The quantitative estimate of drug-likeness (QED) is 0.208. The number of nitrogens with one attached hydrogen (secondary N) is 1. The molecule has 0 radical (unpaired) electrons. The van der Waals surface area contributed by atoms with Crippen LogP contribution in [0, 0.1) is 10.1 Å². The van der Waals surface area contributed by atoms with Gasteiger partial charge in [-0.15, -0.1) is 0 Å². The summed E-state index contributed by atoms with van der Waals surface area (Å²) in [6.45, 7) is 4.33. The number of hydrogen-bond acceptors (Lipinski definition) is 4. The standard InChI is InChI=1S/C20H18I2N2O3/c1-19(2)16-4-3-12(10-21)7-17(16)23-20(19)6-5-13-8-15(24(25)26)9-14(11-22)18(13)27-20/h3-9,23H,10-11H2,1-2H3. The first-order valence-corrected chi connectivity index (χ1v) is 11.6. The van der Waals surface area contributed by atoms with E-state index in [-0.39, 0.29) is 16.0 Å². The highest BCUT2D eigenvalue weighted by atomic mass is 127. The zero-order chi connectivity index (χ0) is 19.4. The number of ether oxygens (including phenoxy) is 1. The average molecular weight is 588 g/mol. The summed E-state index contributed by atoms with van der Waals surface area (Å²) in [4.78, 5) is 10.9. The van der Waals surface area contributed by atoms with Crippen molar-refractivity contribution in [3.63, 3.8) is 0 Å². The normalized spacial score (nSPS) is 21.3. The van der Waals surface area contributed by atoms with Gasteiger partial charge in [-0.1, -0.05) is 57.3 Å². The number of non-ortho nitro benzene ring substituents is 1. The highest BCUT2D eigenvalue weighted by molar-refractivity contribution is 14.1. The van der Waals surface area contributed by atoms with Gasteiger partial charge < -0.3 is 10.1 Å². The van der Waals surface area contributed by atoms with Gasteiger partial charge in [0, 0.05) is 37.8 Å². The number of nitro benzene ring substituents is 1. The van der Waals surface area contributed by atoms with Crippen molar-refractivity contribution in [1.82, 2.24) is 0 Å². The predicted octanol–water partition coefficient (Wildman–Crippen LogP) is 5.97. The number of nitrogens with zero attached hydrogens (tertiary/aromatic N) is 1. The second kappa shape index (κ2) is 6.61. The summed E-state index contributed by atoms with van der Waals surface area (Å²) in [5, 5.41) is 14.8. The third kappa shape index (κ3) is 2.84. The Morgan fingerprint density at radius 2 is 1.96 bits per heavy atom. The first-order chi connectivity index (χ1) is 12.8. The molecule has 4 rings (SSSR count). The molecule has 0 saturated carbocycles. The number of fused-ring (bicyclic) bond motifs is 2. The highest BCUT2D eigenvalue weighted by Gasteiger charge is 2.54. The maximum Gasteiger partial charge on any atom is 0.270 e. The van der Waals surface area contributed by atoms with Gasteiger partial charge in [0.2, 0.25) is 5.72 Å². The van der Waals surface area contributed by atoms with E-state index in [9.17, 15) is 10.1 Å². The van der Waals surface area contributed by atoms with E-state index < -0.39 is 5.72 Å². The Hall–Kier alpha value is -1.36. The van der Waals surface area contributed by atoms with Crippen LogP contribution in [0.3, 0.4) is 0 Å². The van der Waals surface area contributed by atoms with Crippen LogP contribution in [0.2, 0.25) is 0 Å². The van der Waals surface area contributed by atoms with Gasteiger partial charge in [0.15, 0.2) is 0 Å². The molecule has 1 spiro atoms. The summed E-state index contributed by atoms with van der Waals surface area (Å²) >= 11 is 4.58. The molecule has 2 heterocycles. The molecule has 2 aromatic rings. The number of nitro groups is 1. The molecule has 140 valence electrons. The first-order valence-electron chi connectivity index (χ1n) is 8.54. The minimum absolute atomic E-state index is 0.0956. The molecule has 5 nitrogen and oxygen atoms in total. The molecule has 0 aliphatic carbocycles. The highest BCUT2D eigenvalue weighted by Crippen LogP contribution is 2.52. The van der Waals surface area contributed by atoms with E-state index >= 15 is 0 Å². The Bertz CT molecular complexity index is 987. The summed E-state index contributed by atoms with van der Waals surface area (Å²) in [6, 6.07) is 9.71. The van der Waals surface area contributed by atoms with E-state index in [0.717, 1.165) is 27.0 Å².